The molecule has 5 heteroatoms. The highest BCUT2D eigenvalue weighted by atomic mass is 79.9. The molecule has 0 aliphatic rings. The summed E-state index contributed by atoms with van der Waals surface area (Å²) in [6, 6.07) is 11.8. The molecule has 0 atom stereocenters. The van der Waals surface area contributed by atoms with Gasteiger partial charge in [0.15, 0.2) is 0 Å². The summed E-state index contributed by atoms with van der Waals surface area (Å²) in [5.74, 6) is 0.349. The quantitative estimate of drug-likeness (QED) is 0.860. The van der Waals surface area contributed by atoms with Crippen molar-refractivity contribution in [2.75, 3.05) is 0 Å². The molecule has 0 bridgehead atoms. The Morgan fingerprint density at radius 2 is 2.05 bits per heavy atom. The van der Waals surface area contributed by atoms with Crippen LogP contribution in [0.5, 0.6) is 5.75 Å². The normalized spacial score (nSPS) is 10.2. The van der Waals surface area contributed by atoms with Crippen molar-refractivity contribution in [1.29, 1.82) is 0 Å². The summed E-state index contributed by atoms with van der Waals surface area (Å²) in [6.45, 7) is 0.281. The molecule has 2 rings (SSSR count). The fourth-order valence-corrected chi connectivity index (χ4v) is 2.19. The Morgan fingerprint density at radius 1 is 1.26 bits per heavy atom. The number of halogens is 2. The lowest BCUT2D eigenvalue weighted by atomic mass is 10.1. The van der Waals surface area contributed by atoms with E-state index in [4.69, 9.17) is 22.7 Å². The largest absolute Gasteiger partial charge is 0.489 e. The van der Waals surface area contributed by atoms with Crippen LogP contribution in [0.15, 0.2) is 46.9 Å². The van der Waals surface area contributed by atoms with Crippen molar-refractivity contribution in [2.24, 2.45) is 5.73 Å². The van der Waals surface area contributed by atoms with Gasteiger partial charge in [-0.05, 0) is 35.9 Å². The maximum Gasteiger partial charge on any atom is 0.123 e. The van der Waals surface area contributed by atoms with Gasteiger partial charge in [-0.15, -0.1) is 0 Å². The first kappa shape index (κ1) is 14.0. The van der Waals surface area contributed by atoms with E-state index in [1.807, 2.05) is 24.3 Å². The summed E-state index contributed by atoms with van der Waals surface area (Å²) < 4.78 is 19.7. The van der Waals surface area contributed by atoms with Crippen LogP contribution in [0.1, 0.15) is 11.1 Å². The van der Waals surface area contributed by atoms with Gasteiger partial charge in [0.05, 0.1) is 0 Å². The van der Waals surface area contributed by atoms with Crippen molar-refractivity contribution in [3.05, 3.63) is 63.9 Å². The third-order valence-corrected chi connectivity index (χ3v) is 3.24. The van der Waals surface area contributed by atoms with E-state index in [9.17, 15) is 4.39 Å². The van der Waals surface area contributed by atoms with E-state index in [0.29, 0.717) is 11.3 Å². The Balaban J connectivity index is 2.17. The third kappa shape index (κ3) is 3.75. The van der Waals surface area contributed by atoms with Gasteiger partial charge in [-0.2, -0.15) is 0 Å². The summed E-state index contributed by atoms with van der Waals surface area (Å²) in [7, 11) is 0. The van der Waals surface area contributed by atoms with Gasteiger partial charge in [-0.25, -0.2) is 4.39 Å². The van der Waals surface area contributed by atoms with Crippen LogP contribution >= 0.6 is 28.1 Å². The second-order valence-electron chi connectivity index (χ2n) is 3.91. The van der Waals surface area contributed by atoms with Gasteiger partial charge in [-0.1, -0.05) is 40.3 Å². The molecule has 2 aromatic carbocycles. The number of hydrogen-bond donors (Lipinski definition) is 1. The maximum absolute atomic E-state index is 13.2. The van der Waals surface area contributed by atoms with Crippen LogP contribution in [0, 0.1) is 5.82 Å². The number of benzene rings is 2. The fraction of sp³-hybridized carbons (Fsp3) is 0.0714. The summed E-state index contributed by atoms with van der Waals surface area (Å²) in [5.41, 5.74) is 6.84. The van der Waals surface area contributed by atoms with Gasteiger partial charge in [-0.3, -0.25) is 0 Å². The predicted octanol–water partition coefficient (Wildman–Crippen LogP) is 3.80. The molecule has 0 aliphatic heterocycles. The average molecular weight is 340 g/mol. The summed E-state index contributed by atoms with van der Waals surface area (Å²) in [5, 5.41) is 0. The molecule has 98 valence electrons. The smallest absolute Gasteiger partial charge is 0.123 e. The van der Waals surface area contributed by atoms with Crippen LogP contribution in [0.4, 0.5) is 4.39 Å². The van der Waals surface area contributed by atoms with Gasteiger partial charge in [0.25, 0.3) is 0 Å². The summed E-state index contributed by atoms with van der Waals surface area (Å²) >= 11 is 8.27. The van der Waals surface area contributed by atoms with E-state index in [-0.39, 0.29) is 17.4 Å². The first-order chi connectivity index (χ1) is 9.06. The maximum atomic E-state index is 13.2. The zero-order valence-corrected chi connectivity index (χ0v) is 12.3. The molecule has 0 aromatic heterocycles. The van der Waals surface area contributed by atoms with Crippen molar-refractivity contribution in [3.63, 3.8) is 0 Å². The van der Waals surface area contributed by atoms with Gasteiger partial charge in [0.2, 0.25) is 0 Å². The number of ether oxygens (including phenoxy) is 1. The molecule has 0 spiro atoms. The van der Waals surface area contributed by atoms with Crippen molar-refractivity contribution in [1.82, 2.24) is 0 Å². The fourth-order valence-electron chi connectivity index (χ4n) is 1.62. The molecular formula is C14H11BrFNOS. The number of thiocarbonyl (C=S) groups is 1. The van der Waals surface area contributed by atoms with E-state index < -0.39 is 0 Å². The lowest BCUT2D eigenvalue weighted by molar-refractivity contribution is 0.305. The summed E-state index contributed by atoms with van der Waals surface area (Å²) in [6.07, 6.45) is 0. The molecule has 0 radical (unpaired) electrons. The molecular weight excluding hydrogens is 329 g/mol. The minimum atomic E-state index is -0.367. The molecule has 0 saturated carbocycles. The lowest BCUT2D eigenvalue weighted by Crippen LogP contribution is -2.14. The van der Waals surface area contributed by atoms with Crippen molar-refractivity contribution in [2.45, 2.75) is 6.61 Å². The average Bonchev–Trinajstić information content (AvgIpc) is 2.37. The van der Waals surface area contributed by atoms with E-state index in [1.165, 1.54) is 12.1 Å². The van der Waals surface area contributed by atoms with Gasteiger partial charge in [0.1, 0.15) is 23.2 Å². The Bertz CT molecular complexity index is 618. The Kier molecular flexibility index (Phi) is 4.50. The Morgan fingerprint density at radius 3 is 2.74 bits per heavy atom. The van der Waals surface area contributed by atoms with Crippen molar-refractivity contribution in [3.8, 4) is 5.75 Å². The van der Waals surface area contributed by atoms with E-state index in [0.717, 1.165) is 10.0 Å². The highest BCUT2D eigenvalue weighted by molar-refractivity contribution is 9.10. The molecule has 0 aliphatic carbocycles. The molecule has 2 N–H and O–H groups in total. The number of hydrogen-bond acceptors (Lipinski definition) is 2. The molecule has 0 unspecified atom stereocenters. The zero-order valence-electron chi connectivity index (χ0n) is 9.90. The van der Waals surface area contributed by atoms with Gasteiger partial charge in [0, 0.05) is 10.0 Å². The van der Waals surface area contributed by atoms with Gasteiger partial charge < -0.3 is 10.5 Å². The number of nitrogens with two attached hydrogens (primary N) is 1. The van der Waals surface area contributed by atoms with E-state index in [1.54, 1.807) is 6.07 Å². The second-order valence-corrected chi connectivity index (χ2v) is 5.27. The molecule has 19 heavy (non-hydrogen) atoms. The first-order valence-corrected chi connectivity index (χ1v) is 6.73. The van der Waals surface area contributed by atoms with E-state index in [2.05, 4.69) is 15.9 Å². The van der Waals surface area contributed by atoms with Crippen LogP contribution in [-0.4, -0.2) is 4.99 Å². The predicted molar refractivity (Wildman–Crippen MR) is 80.8 cm³/mol. The lowest BCUT2D eigenvalue weighted by Gasteiger charge is -2.10. The molecule has 2 aromatic rings. The summed E-state index contributed by atoms with van der Waals surface area (Å²) in [4.78, 5) is 0.160. The van der Waals surface area contributed by atoms with Crippen molar-refractivity contribution < 1.29 is 9.13 Å². The highest BCUT2D eigenvalue weighted by Crippen LogP contribution is 2.20. The third-order valence-electron chi connectivity index (χ3n) is 2.53. The van der Waals surface area contributed by atoms with E-state index >= 15 is 0 Å². The zero-order chi connectivity index (χ0) is 13.8. The van der Waals surface area contributed by atoms with Crippen LogP contribution in [0.3, 0.4) is 0 Å². The standard InChI is InChI=1S/C14H11BrFNOS/c15-10-2-1-3-12(6-10)18-8-9-4-5-11(16)7-13(9)14(17)19/h1-7H,8H2,(H2,17,19). The molecule has 0 fully saturated rings. The second kappa shape index (κ2) is 6.12. The Hall–Kier alpha value is -1.46. The van der Waals surface area contributed by atoms with Crippen LogP contribution in [0.2, 0.25) is 0 Å². The molecule has 0 amide bonds. The van der Waals surface area contributed by atoms with Crippen LogP contribution in [-0.2, 0) is 6.61 Å². The molecule has 0 heterocycles. The first-order valence-electron chi connectivity index (χ1n) is 5.53. The van der Waals surface area contributed by atoms with Crippen molar-refractivity contribution >= 4 is 33.1 Å². The molecule has 2 nitrogen and oxygen atoms in total. The SMILES string of the molecule is NC(=S)c1cc(F)ccc1COc1cccc(Br)c1. The monoisotopic (exact) mass is 339 g/mol. The highest BCUT2D eigenvalue weighted by Gasteiger charge is 2.07. The number of rotatable bonds is 4. The topological polar surface area (TPSA) is 35.2 Å². The van der Waals surface area contributed by atoms with Gasteiger partial charge >= 0.3 is 0 Å². The Labute approximate surface area is 124 Å². The minimum absolute atomic E-state index is 0.160. The van der Waals surface area contributed by atoms with Crippen LogP contribution < -0.4 is 10.5 Å². The van der Waals surface area contributed by atoms with Crippen LogP contribution in [0.25, 0.3) is 0 Å². The molecule has 0 saturated heterocycles. The minimum Gasteiger partial charge on any atom is -0.489 e.